The highest BCUT2D eigenvalue weighted by atomic mass is 13.5. The zero-order valence-electron chi connectivity index (χ0n) is 66.7. The summed E-state index contributed by atoms with van der Waals surface area (Å²) in [6.45, 7) is 0. The first-order chi connectivity index (χ1) is 38.2. The van der Waals surface area contributed by atoms with Gasteiger partial charge >= 0.3 is 0 Å². The van der Waals surface area contributed by atoms with Gasteiger partial charge in [0.2, 0.25) is 0 Å². The Bertz CT molecular complexity index is 1330. The Morgan fingerprint density at radius 3 is 0.226 bits per heavy atom. The van der Waals surface area contributed by atoms with E-state index in [0.29, 0.717) is 262 Å². The molecule has 0 fully saturated rings. The maximum atomic E-state index is 2.85. The molecular weight excluding hydrogens is 908 g/mol. The molecule has 84 heavy (non-hydrogen) atoms. The summed E-state index contributed by atoms with van der Waals surface area (Å²) < 4.78 is 0. The van der Waals surface area contributed by atoms with Crippen LogP contribution in [-0.2, 0) is 0 Å². The van der Waals surface area contributed by atoms with Crippen molar-refractivity contribution in [1.29, 1.82) is 0 Å². The molecule has 0 radical (unpaired) electrons. The molecule has 0 aliphatic carbocycles. The quantitative estimate of drug-likeness (QED) is 0.0537. The molecule has 0 saturated carbocycles. The van der Waals surface area contributed by atoms with Gasteiger partial charge in [0.25, 0.3) is 0 Å². The molecule has 0 amide bonds. The maximum absolute atomic E-state index is 2.85. The van der Waals surface area contributed by atoms with E-state index >= 15 is 0 Å². The first kappa shape index (κ1) is 89.5. The smallest absolute Gasteiger partial charge is 0.00000239 e. The minimum Gasteiger partial charge on any atom is 0.00000239 e. The largest absolute Gasteiger partial charge is 0.0552 e. The molecule has 0 bridgehead atoms. The van der Waals surface area contributed by atoms with Crippen molar-refractivity contribution in [2.45, 2.75) is 0 Å². The van der Waals surface area contributed by atoms with Crippen molar-refractivity contribution < 1.29 is 0 Å². The second-order valence-electron chi connectivity index (χ2n) is 38.0. The van der Waals surface area contributed by atoms with Crippen molar-refractivity contribution in [1.82, 2.24) is 0 Å². The van der Waals surface area contributed by atoms with Crippen LogP contribution in [0.5, 0.6) is 0 Å². The SMILES string of the molecule is BB(B)B(B)B(B(B(B)B)B(B)B)B(B(B(B)B)B(B)B)B(B(B(B(B(B)B)B(B)B)B(B(B)B)B(B)B)B(B(B(B)B)B(B)B)B(B(B)B)B(B)B)B(B(B(B(B)B)B(B)B)B(B(B)B)B(B)B)B(B(B(B)B)B(B)B)B(B(B)B)B(B)B. The predicted molar refractivity (Wildman–Crippen MR) is 603 cm³/mol. The predicted octanol–water partition coefficient (Wildman–Crippen LogP) is -55.0. The molecule has 0 aromatic heterocycles. The molecule has 0 aromatic carbocycles. The maximum Gasteiger partial charge on any atom is 0.0552 e. The third-order valence-electron chi connectivity index (χ3n) is 25.1. The molecule has 0 rings (SSSR count). The molecule has 0 nitrogen and oxygen atoms in total. The van der Waals surface area contributed by atoms with Gasteiger partial charge < -0.3 is 0 Å². The van der Waals surface area contributed by atoms with Gasteiger partial charge in [-0.05, 0) is 0 Å². The lowest BCUT2D eigenvalue weighted by atomic mass is 8.20. The fourth-order valence-corrected chi connectivity index (χ4v) is 24.1. The third-order valence-corrected chi connectivity index (χ3v) is 25.1. The zero-order valence-corrected chi connectivity index (χ0v) is 66.7. The number of hydrogen-bond acceptors (Lipinski definition) is 0. The van der Waals surface area contributed by atoms with Crippen LogP contribution in [-0.4, -0.2) is 594 Å². The van der Waals surface area contributed by atoms with Gasteiger partial charge in [-0.25, -0.2) is 0 Å². The highest BCUT2D eigenvalue weighted by Crippen LogP contribution is 2.28. The highest BCUT2D eigenvalue weighted by Gasteiger charge is 2.67. The van der Waals surface area contributed by atoms with Gasteiger partial charge in [-0.15, -0.1) is 0 Å². The lowest BCUT2D eigenvalue weighted by molar-refractivity contribution is 3.14. The Hall–Kier alpha value is 5.45. The molecular formula is H86B84. The van der Waals surface area contributed by atoms with Crippen molar-refractivity contribution in [2.75, 3.05) is 0 Å². The van der Waals surface area contributed by atoms with E-state index in [1.807, 2.05) is 0 Å². The van der Waals surface area contributed by atoms with Crippen molar-refractivity contribution in [3.05, 3.63) is 0 Å². The minimum absolute atomic E-state index is 0.496. The summed E-state index contributed by atoms with van der Waals surface area (Å²) in [7, 11) is 117. The van der Waals surface area contributed by atoms with Gasteiger partial charge in [0.05, 0.1) is 333 Å². The third kappa shape index (κ3) is 23.9. The van der Waals surface area contributed by atoms with E-state index in [2.05, 4.69) is 333 Å². The van der Waals surface area contributed by atoms with Crippen molar-refractivity contribution in [3.63, 3.8) is 0 Å². The molecule has 0 saturated heterocycles. The summed E-state index contributed by atoms with van der Waals surface area (Å²) in [5.74, 6) is 0. The van der Waals surface area contributed by atoms with Gasteiger partial charge in [0.15, 0.2) is 0 Å². The topological polar surface area (TPSA) is 0 Å². The molecule has 0 aliphatic rings. The van der Waals surface area contributed by atoms with E-state index in [0.717, 1.165) is 0 Å². The summed E-state index contributed by atoms with van der Waals surface area (Å²) in [5, 5.41) is 0. The Balaban J connectivity index is 13.1. The summed E-state index contributed by atoms with van der Waals surface area (Å²) in [6, 6.07) is 0. The van der Waals surface area contributed by atoms with Crippen LogP contribution in [0.3, 0.4) is 0 Å². The Morgan fingerprint density at radius 2 is 0.143 bits per heavy atom. The molecule has 0 unspecified atom stereocenters. The summed E-state index contributed by atoms with van der Waals surface area (Å²) in [6.07, 6.45) is 23.3. The zero-order chi connectivity index (χ0) is 66.7. The fourth-order valence-electron chi connectivity index (χ4n) is 24.1. The van der Waals surface area contributed by atoms with Crippen LogP contribution in [0.15, 0.2) is 0 Å². The molecule has 338 valence electrons. The van der Waals surface area contributed by atoms with Gasteiger partial charge in [-0.2, -0.15) is 0 Å². The van der Waals surface area contributed by atoms with Crippen molar-refractivity contribution in [3.8, 4) is 0 Å². The number of rotatable bonds is 40. The second-order valence-corrected chi connectivity index (χ2v) is 38.0. The van der Waals surface area contributed by atoms with Gasteiger partial charge in [0, 0.05) is 262 Å². The van der Waals surface area contributed by atoms with Gasteiger partial charge in [-0.3, -0.25) is 0 Å². The monoisotopic (exact) mass is 1010 g/mol. The molecule has 84 heteroatoms. The molecule has 0 atom stereocenters. The van der Waals surface area contributed by atoms with E-state index in [1.54, 1.807) is 0 Å². The average Bonchev–Trinajstić information content (AvgIpc) is 3.26. The molecule has 0 aliphatic heterocycles. The first-order valence-corrected chi connectivity index (χ1v) is 38.2. The lowest BCUT2D eigenvalue weighted by Crippen LogP contribution is -3.00. The van der Waals surface area contributed by atoms with Gasteiger partial charge in [-0.1, -0.05) is 0 Å². The van der Waals surface area contributed by atoms with E-state index < -0.39 is 0 Å². The van der Waals surface area contributed by atoms with Crippen LogP contribution in [0.1, 0.15) is 0 Å². The fraction of sp³-hybridized carbons (Fsp3) is 0. The van der Waals surface area contributed by atoms with Crippen LogP contribution < -0.4 is 0 Å². The lowest BCUT2D eigenvalue weighted by Gasteiger charge is -2.61. The Kier molecular flexibility index (Phi) is 43.7. The van der Waals surface area contributed by atoms with E-state index in [-0.39, 0.29) is 0 Å². The van der Waals surface area contributed by atoms with Crippen molar-refractivity contribution in [2.24, 2.45) is 0 Å². The molecule has 0 N–H and O–H groups in total. The summed E-state index contributed by atoms with van der Waals surface area (Å²) >= 11 is 0. The highest BCUT2D eigenvalue weighted by molar-refractivity contribution is 8.42. The van der Waals surface area contributed by atoms with E-state index in [9.17, 15) is 0 Å². The summed E-state index contributed by atoms with van der Waals surface area (Å²) in [4.78, 5) is 0. The van der Waals surface area contributed by atoms with Crippen LogP contribution in [0.25, 0.3) is 0 Å². The standard InChI is InChI=1S/B84H86/c1-44(2)65(43)76(66(45(3)4)46(5)6)81(75(63(39)40)64(41)42)84(82(77(67(47(7)8)48(9)10)68(49(11)12)50(13)14)78(69(51(15)16)52(17)18)70(53(19)20)54(21)22)83(79(71(55(23)24)56(25)26)72(57(27)28)58(29)30)80(73(59(31)32)60(33)34)74(61(35)36)62(37)38/h1-43H2. The van der Waals surface area contributed by atoms with Crippen LogP contribution in [0.2, 0.25) is 0 Å². The van der Waals surface area contributed by atoms with E-state index in [1.165, 1.54) is 0 Å². The molecule has 0 spiro atoms. The van der Waals surface area contributed by atoms with E-state index in [4.69, 9.17) is 0 Å². The minimum atomic E-state index is 0.496. The molecule has 0 heterocycles. The summed E-state index contributed by atoms with van der Waals surface area (Å²) in [5.41, 5.74) is 0. The normalized spacial score (nSPS) is 9.81. The molecule has 0 aromatic rings. The first-order valence-electron chi connectivity index (χ1n) is 38.2. The average molecular weight is 995 g/mol. The Labute approximate surface area is 588 Å². The number of hydrogen-bond donors (Lipinski definition) is 0. The van der Waals surface area contributed by atoms with Crippen LogP contribution in [0.4, 0.5) is 0 Å². The van der Waals surface area contributed by atoms with Gasteiger partial charge in [0.1, 0.15) is 0 Å². The van der Waals surface area contributed by atoms with Crippen LogP contribution in [0, 0.1) is 0 Å². The van der Waals surface area contributed by atoms with Crippen LogP contribution >= 0.6 is 0 Å². The van der Waals surface area contributed by atoms with Crippen molar-refractivity contribution >= 4 is 594 Å². The Morgan fingerprint density at radius 1 is 0.0714 bits per heavy atom. The second kappa shape index (κ2) is 41.0.